The Kier molecular flexibility index (Phi) is 3.59. The van der Waals surface area contributed by atoms with Crippen LogP contribution in [0.25, 0.3) is 0 Å². The lowest BCUT2D eigenvalue weighted by molar-refractivity contribution is -0.110. The maximum atomic E-state index is 10.9. The predicted octanol–water partition coefficient (Wildman–Crippen LogP) is 0.332. The van der Waals surface area contributed by atoms with E-state index in [0.717, 1.165) is 12.1 Å². The van der Waals surface area contributed by atoms with Crippen molar-refractivity contribution in [3.63, 3.8) is 0 Å². The Labute approximate surface area is 91.1 Å². The molecule has 0 saturated heterocycles. The molecule has 0 heterocycles. The minimum atomic E-state index is -4.24. The Morgan fingerprint density at radius 3 is 2.31 bits per heavy atom. The lowest BCUT2D eigenvalue weighted by atomic mass is 10.3. The zero-order chi connectivity index (χ0) is 12.2. The number of rotatable bonds is 3. The van der Waals surface area contributed by atoms with Gasteiger partial charge in [0, 0.05) is 5.69 Å². The van der Waals surface area contributed by atoms with Gasteiger partial charge in [-0.25, -0.2) is 0 Å². The van der Waals surface area contributed by atoms with Crippen LogP contribution in [0.4, 0.5) is 5.69 Å². The van der Waals surface area contributed by atoms with Gasteiger partial charge >= 0.3 is 0 Å². The van der Waals surface area contributed by atoms with Crippen molar-refractivity contribution in [3.05, 3.63) is 24.3 Å². The van der Waals surface area contributed by atoms with E-state index >= 15 is 0 Å². The van der Waals surface area contributed by atoms with Gasteiger partial charge in [-0.2, -0.15) is 8.42 Å². The normalized spacial score (nSPS) is 11.6. The molecule has 86 valence electrons. The van der Waals surface area contributed by atoms with Crippen molar-refractivity contribution < 1.29 is 23.0 Å². The van der Waals surface area contributed by atoms with Crippen LogP contribution in [0.3, 0.4) is 0 Å². The number of oxime groups is 1. The first-order chi connectivity index (χ1) is 7.43. The number of amides is 1. The van der Waals surface area contributed by atoms with Crippen LogP contribution < -0.4 is 5.32 Å². The molecular weight excluding hydrogens is 236 g/mol. The average Bonchev–Trinajstić information content (AvgIpc) is 2.17. The summed E-state index contributed by atoms with van der Waals surface area (Å²) in [6, 6.07) is 4.82. The molecule has 3 N–H and O–H groups in total. The summed E-state index contributed by atoms with van der Waals surface area (Å²) in [5.41, 5.74) is 0.303. The Hall–Kier alpha value is -1.93. The molecule has 0 aromatic heterocycles. The second kappa shape index (κ2) is 4.73. The van der Waals surface area contributed by atoms with Crippen molar-refractivity contribution in [1.29, 1.82) is 0 Å². The molecule has 0 aliphatic carbocycles. The number of benzene rings is 1. The first-order valence-electron chi connectivity index (χ1n) is 3.99. The lowest BCUT2D eigenvalue weighted by Crippen LogP contribution is -2.12. The molecule has 1 aromatic rings. The third kappa shape index (κ3) is 3.33. The highest BCUT2D eigenvalue weighted by Gasteiger charge is 2.08. The number of carbonyl (C=O) groups excluding carboxylic acids is 1. The minimum absolute atomic E-state index is 0.277. The Morgan fingerprint density at radius 1 is 1.31 bits per heavy atom. The predicted molar refractivity (Wildman–Crippen MR) is 55.2 cm³/mol. The number of nitrogens with zero attached hydrogens (tertiary/aromatic N) is 1. The number of nitrogens with one attached hydrogen (secondary N) is 1. The second-order valence-electron chi connectivity index (χ2n) is 2.73. The monoisotopic (exact) mass is 244 g/mol. The van der Waals surface area contributed by atoms with E-state index in [4.69, 9.17) is 9.76 Å². The van der Waals surface area contributed by atoms with Crippen LogP contribution in [0.15, 0.2) is 34.3 Å². The summed E-state index contributed by atoms with van der Waals surface area (Å²) < 4.78 is 30.0. The molecule has 1 rings (SSSR count). The minimum Gasteiger partial charge on any atom is -0.411 e. The van der Waals surface area contributed by atoms with E-state index < -0.39 is 16.0 Å². The van der Waals surface area contributed by atoms with Crippen LogP contribution in [0.1, 0.15) is 0 Å². The SMILES string of the molecule is O=C(/C=N/O)Nc1ccc(S(=O)(=O)O)cc1. The van der Waals surface area contributed by atoms with Crippen molar-refractivity contribution in [2.24, 2.45) is 5.16 Å². The van der Waals surface area contributed by atoms with Crippen LogP contribution in [0.5, 0.6) is 0 Å². The van der Waals surface area contributed by atoms with Crippen LogP contribution in [0, 0.1) is 0 Å². The molecule has 0 atom stereocenters. The molecule has 0 aliphatic rings. The third-order valence-corrected chi connectivity index (χ3v) is 2.46. The Balaban J connectivity index is 2.84. The fourth-order valence-corrected chi connectivity index (χ4v) is 1.42. The van der Waals surface area contributed by atoms with Gasteiger partial charge in [0.2, 0.25) is 0 Å². The van der Waals surface area contributed by atoms with E-state index in [0.29, 0.717) is 11.9 Å². The van der Waals surface area contributed by atoms with Crippen molar-refractivity contribution >= 4 is 27.9 Å². The smallest absolute Gasteiger partial charge is 0.294 e. The molecular formula is C8H8N2O5S. The molecule has 16 heavy (non-hydrogen) atoms. The fourth-order valence-electron chi connectivity index (χ4n) is 0.937. The molecule has 1 amide bonds. The average molecular weight is 244 g/mol. The van der Waals surface area contributed by atoms with E-state index in [1.54, 1.807) is 0 Å². The molecule has 0 unspecified atom stereocenters. The van der Waals surface area contributed by atoms with Gasteiger partial charge in [0.1, 0.15) is 6.21 Å². The largest absolute Gasteiger partial charge is 0.411 e. The number of carbonyl (C=O) groups is 1. The molecule has 0 fully saturated rings. The van der Waals surface area contributed by atoms with E-state index in [1.165, 1.54) is 12.1 Å². The van der Waals surface area contributed by atoms with Gasteiger partial charge in [-0.15, -0.1) is 0 Å². The quantitative estimate of drug-likeness (QED) is 0.306. The highest BCUT2D eigenvalue weighted by molar-refractivity contribution is 7.85. The van der Waals surface area contributed by atoms with Crippen LogP contribution >= 0.6 is 0 Å². The fraction of sp³-hybridized carbons (Fsp3) is 0. The molecule has 7 nitrogen and oxygen atoms in total. The first kappa shape index (κ1) is 12.1. The Morgan fingerprint density at radius 2 is 1.88 bits per heavy atom. The van der Waals surface area contributed by atoms with Gasteiger partial charge in [0.25, 0.3) is 16.0 Å². The van der Waals surface area contributed by atoms with Gasteiger partial charge < -0.3 is 10.5 Å². The molecule has 0 radical (unpaired) electrons. The molecule has 0 saturated carbocycles. The van der Waals surface area contributed by atoms with Gasteiger partial charge in [-0.3, -0.25) is 9.35 Å². The van der Waals surface area contributed by atoms with Crippen LogP contribution in [-0.2, 0) is 14.9 Å². The summed E-state index contributed by atoms with van der Waals surface area (Å²) in [4.78, 5) is 10.6. The highest BCUT2D eigenvalue weighted by Crippen LogP contribution is 2.13. The number of hydrogen-bond acceptors (Lipinski definition) is 5. The number of hydrogen-bond donors (Lipinski definition) is 3. The van der Waals surface area contributed by atoms with Gasteiger partial charge in [-0.1, -0.05) is 5.16 Å². The summed E-state index contributed by atoms with van der Waals surface area (Å²) in [6.07, 6.45) is 0.650. The third-order valence-electron chi connectivity index (χ3n) is 1.59. The summed E-state index contributed by atoms with van der Waals surface area (Å²) in [7, 11) is -4.24. The standard InChI is InChI=1S/C8H8N2O5S/c11-8(5-9-12)10-6-1-3-7(4-2-6)16(13,14)15/h1-5,12H,(H,10,11)(H,13,14,15)/b9-5+. The highest BCUT2D eigenvalue weighted by atomic mass is 32.2. The molecule has 0 bridgehead atoms. The zero-order valence-corrected chi connectivity index (χ0v) is 8.68. The van der Waals surface area contributed by atoms with E-state index in [2.05, 4.69) is 10.5 Å². The zero-order valence-electron chi connectivity index (χ0n) is 7.86. The van der Waals surface area contributed by atoms with Gasteiger partial charge in [0.05, 0.1) is 4.90 Å². The maximum Gasteiger partial charge on any atom is 0.294 e. The number of anilines is 1. The van der Waals surface area contributed by atoms with Crippen molar-refractivity contribution in [3.8, 4) is 0 Å². The summed E-state index contributed by atoms with van der Waals surface area (Å²) in [6.45, 7) is 0. The van der Waals surface area contributed by atoms with E-state index in [9.17, 15) is 13.2 Å². The maximum absolute atomic E-state index is 10.9. The topological polar surface area (TPSA) is 116 Å². The van der Waals surface area contributed by atoms with Crippen LogP contribution in [-0.4, -0.2) is 30.3 Å². The van der Waals surface area contributed by atoms with Gasteiger partial charge in [0.15, 0.2) is 0 Å². The summed E-state index contributed by atoms with van der Waals surface area (Å²) in [5, 5.41) is 12.9. The van der Waals surface area contributed by atoms with Crippen molar-refractivity contribution in [2.45, 2.75) is 4.90 Å². The van der Waals surface area contributed by atoms with E-state index in [-0.39, 0.29) is 4.90 Å². The van der Waals surface area contributed by atoms with E-state index in [1.807, 2.05) is 0 Å². The summed E-state index contributed by atoms with van der Waals surface area (Å²) >= 11 is 0. The second-order valence-corrected chi connectivity index (χ2v) is 4.15. The van der Waals surface area contributed by atoms with Crippen LogP contribution in [0.2, 0.25) is 0 Å². The Bertz CT molecular complexity index is 506. The molecule has 0 spiro atoms. The summed E-state index contributed by atoms with van der Waals surface area (Å²) in [5.74, 6) is -0.665. The first-order valence-corrected chi connectivity index (χ1v) is 5.43. The van der Waals surface area contributed by atoms with Crippen molar-refractivity contribution in [1.82, 2.24) is 0 Å². The molecule has 1 aromatic carbocycles. The molecule has 8 heteroatoms. The molecule has 0 aliphatic heterocycles. The van der Waals surface area contributed by atoms with Crippen molar-refractivity contribution in [2.75, 3.05) is 5.32 Å². The lowest BCUT2D eigenvalue weighted by Gasteiger charge is -2.02. The van der Waals surface area contributed by atoms with Gasteiger partial charge in [-0.05, 0) is 24.3 Å².